The van der Waals surface area contributed by atoms with Crippen LogP contribution in [0.25, 0.3) is 56.0 Å². The highest BCUT2D eigenvalue weighted by Crippen LogP contribution is 2.32. The summed E-state index contributed by atoms with van der Waals surface area (Å²) in [5.74, 6) is 0.580. The van der Waals surface area contributed by atoms with Gasteiger partial charge in [-0.25, -0.2) is 4.98 Å². The third-order valence-electron chi connectivity index (χ3n) is 5.77. The molecule has 0 aliphatic carbocycles. The van der Waals surface area contributed by atoms with E-state index < -0.39 is 0 Å². The van der Waals surface area contributed by atoms with Gasteiger partial charge in [0.25, 0.3) is 0 Å². The molecule has 0 saturated heterocycles. The number of amides is 1. The molecule has 0 bridgehead atoms. The summed E-state index contributed by atoms with van der Waals surface area (Å²) >= 11 is 0. The van der Waals surface area contributed by atoms with E-state index in [9.17, 15) is 4.79 Å². The minimum atomic E-state index is -0.0547. The average molecular weight is 461 g/mol. The van der Waals surface area contributed by atoms with Crippen LogP contribution in [0, 0.1) is 0 Å². The molecule has 3 N–H and O–H groups in total. The molecule has 0 aliphatic heterocycles. The second-order valence-electron chi connectivity index (χ2n) is 8.05. The molecule has 0 spiro atoms. The molecule has 0 aliphatic rings. The molecule has 170 valence electrons. The highest BCUT2D eigenvalue weighted by molar-refractivity contribution is 5.97. The van der Waals surface area contributed by atoms with Gasteiger partial charge < -0.3 is 10.3 Å². The van der Waals surface area contributed by atoms with Gasteiger partial charge >= 0.3 is 0 Å². The molecule has 35 heavy (non-hydrogen) atoms. The number of benzene rings is 1. The van der Waals surface area contributed by atoms with Gasteiger partial charge in [-0.1, -0.05) is 19.1 Å². The summed E-state index contributed by atoms with van der Waals surface area (Å²) in [6.07, 6.45) is 7.30. The normalized spacial score (nSPS) is 11.2. The van der Waals surface area contributed by atoms with E-state index in [1.165, 1.54) is 0 Å². The van der Waals surface area contributed by atoms with E-state index in [0.717, 1.165) is 38.8 Å². The molecule has 0 radical (unpaired) electrons. The van der Waals surface area contributed by atoms with Crippen molar-refractivity contribution in [2.75, 3.05) is 5.32 Å². The molecular weight excluding hydrogens is 440 g/mol. The van der Waals surface area contributed by atoms with Gasteiger partial charge in [0.1, 0.15) is 16.9 Å². The van der Waals surface area contributed by atoms with Crippen molar-refractivity contribution in [3.05, 3.63) is 73.3 Å². The second-order valence-corrected chi connectivity index (χ2v) is 8.05. The Morgan fingerprint density at radius 3 is 2.74 bits per heavy atom. The molecule has 0 saturated carbocycles. The summed E-state index contributed by atoms with van der Waals surface area (Å²) in [6, 6.07) is 15.5. The van der Waals surface area contributed by atoms with Crippen LogP contribution in [0.3, 0.4) is 0 Å². The van der Waals surface area contributed by atoms with Crippen molar-refractivity contribution < 1.29 is 4.79 Å². The summed E-state index contributed by atoms with van der Waals surface area (Å²) in [7, 11) is 0. The molecule has 0 unspecified atom stereocenters. The number of pyridine rings is 3. The van der Waals surface area contributed by atoms with E-state index in [4.69, 9.17) is 4.98 Å². The van der Waals surface area contributed by atoms with Gasteiger partial charge in [-0.15, -0.1) is 0 Å². The van der Waals surface area contributed by atoms with Crippen LogP contribution < -0.4 is 5.32 Å². The standard InChI is InChI=1S/C26H20N8O/c1-2-22(35)30-17-11-16(13-27-14-17)15-6-7-19-18(12-15)23(34-33-19)26-31-21-8-10-29-24(25(21)32-26)20-5-3-4-9-28-20/h3-14H,2H2,1H3,(H,30,35)(H,31,32)(H,33,34). The van der Waals surface area contributed by atoms with Crippen LogP contribution in [0.15, 0.2) is 73.3 Å². The van der Waals surface area contributed by atoms with E-state index in [1.54, 1.807) is 24.8 Å². The number of nitrogens with one attached hydrogen (secondary N) is 3. The third kappa shape index (κ3) is 3.78. The smallest absolute Gasteiger partial charge is 0.224 e. The average Bonchev–Trinajstić information content (AvgIpc) is 3.53. The van der Waals surface area contributed by atoms with Gasteiger partial charge in [0.15, 0.2) is 5.82 Å². The lowest BCUT2D eigenvalue weighted by molar-refractivity contribution is -0.115. The fourth-order valence-corrected chi connectivity index (χ4v) is 4.03. The summed E-state index contributed by atoms with van der Waals surface area (Å²) in [4.78, 5) is 33.2. The molecule has 0 fully saturated rings. The van der Waals surface area contributed by atoms with E-state index in [1.807, 2.05) is 55.5 Å². The van der Waals surface area contributed by atoms with Crippen molar-refractivity contribution in [2.45, 2.75) is 13.3 Å². The van der Waals surface area contributed by atoms with Crippen molar-refractivity contribution in [1.82, 2.24) is 35.1 Å². The van der Waals surface area contributed by atoms with Crippen LogP contribution in [0.5, 0.6) is 0 Å². The van der Waals surface area contributed by atoms with Crippen molar-refractivity contribution in [1.29, 1.82) is 0 Å². The zero-order valence-electron chi connectivity index (χ0n) is 18.8. The number of rotatable bonds is 5. The minimum Gasteiger partial charge on any atom is -0.336 e. The molecule has 5 heterocycles. The first-order valence-electron chi connectivity index (χ1n) is 11.2. The number of carbonyl (C=O) groups is 1. The van der Waals surface area contributed by atoms with E-state index in [2.05, 4.69) is 35.5 Å². The molecule has 6 rings (SSSR count). The molecule has 1 amide bonds. The lowest BCUT2D eigenvalue weighted by atomic mass is 10.0. The van der Waals surface area contributed by atoms with Gasteiger partial charge in [-0.3, -0.25) is 24.8 Å². The fraction of sp³-hybridized carbons (Fsp3) is 0.0769. The Morgan fingerprint density at radius 2 is 1.89 bits per heavy atom. The van der Waals surface area contributed by atoms with Gasteiger partial charge in [-0.05, 0) is 42.0 Å². The Morgan fingerprint density at radius 1 is 0.943 bits per heavy atom. The van der Waals surface area contributed by atoms with Crippen LogP contribution in [0.1, 0.15) is 13.3 Å². The van der Waals surface area contributed by atoms with Crippen LogP contribution in [0.2, 0.25) is 0 Å². The van der Waals surface area contributed by atoms with Crippen LogP contribution in [-0.4, -0.2) is 41.0 Å². The number of fused-ring (bicyclic) bond motifs is 2. The summed E-state index contributed by atoms with van der Waals surface area (Å²) in [6.45, 7) is 1.81. The number of aromatic nitrogens is 7. The first-order chi connectivity index (χ1) is 17.2. The molecule has 0 atom stereocenters. The van der Waals surface area contributed by atoms with Crippen molar-refractivity contribution in [3.63, 3.8) is 0 Å². The second kappa shape index (κ2) is 8.45. The molecule has 9 nitrogen and oxygen atoms in total. The van der Waals surface area contributed by atoms with Gasteiger partial charge in [0, 0.05) is 36.0 Å². The Kier molecular flexibility index (Phi) is 4.99. The van der Waals surface area contributed by atoms with Gasteiger partial charge in [0.05, 0.1) is 28.6 Å². The first-order valence-corrected chi connectivity index (χ1v) is 11.2. The zero-order valence-corrected chi connectivity index (χ0v) is 18.8. The summed E-state index contributed by atoms with van der Waals surface area (Å²) < 4.78 is 0. The van der Waals surface area contributed by atoms with E-state index >= 15 is 0 Å². The third-order valence-corrected chi connectivity index (χ3v) is 5.77. The number of anilines is 1. The topological polar surface area (TPSA) is 125 Å². The number of hydrogen-bond acceptors (Lipinski definition) is 6. The van der Waals surface area contributed by atoms with E-state index in [-0.39, 0.29) is 5.91 Å². The Bertz CT molecular complexity index is 1690. The zero-order chi connectivity index (χ0) is 23.8. The highest BCUT2D eigenvalue weighted by Gasteiger charge is 2.17. The highest BCUT2D eigenvalue weighted by atomic mass is 16.1. The van der Waals surface area contributed by atoms with Gasteiger partial charge in [0.2, 0.25) is 5.91 Å². The minimum absolute atomic E-state index is 0.0547. The summed E-state index contributed by atoms with van der Waals surface area (Å²) in [5, 5.41) is 11.4. The predicted octanol–water partition coefficient (Wildman–Crippen LogP) is 4.97. The van der Waals surface area contributed by atoms with Crippen LogP contribution >= 0.6 is 0 Å². The first kappa shape index (κ1) is 20.7. The maximum atomic E-state index is 11.8. The number of imidazole rings is 1. The van der Waals surface area contributed by atoms with Gasteiger partial charge in [-0.2, -0.15) is 5.10 Å². The Hall–Kier alpha value is -4.92. The molecular formula is C26H20N8O. The van der Waals surface area contributed by atoms with E-state index in [0.29, 0.717) is 29.3 Å². The number of H-pyrrole nitrogens is 2. The number of hydrogen-bond donors (Lipinski definition) is 3. The largest absolute Gasteiger partial charge is 0.336 e. The molecule has 9 heteroatoms. The lowest BCUT2D eigenvalue weighted by Gasteiger charge is -2.06. The van der Waals surface area contributed by atoms with Crippen molar-refractivity contribution >= 4 is 33.5 Å². The van der Waals surface area contributed by atoms with Crippen LogP contribution in [-0.2, 0) is 4.79 Å². The maximum absolute atomic E-state index is 11.8. The lowest BCUT2D eigenvalue weighted by Crippen LogP contribution is -2.09. The number of aromatic amines is 2. The van der Waals surface area contributed by atoms with Crippen molar-refractivity contribution in [3.8, 4) is 34.0 Å². The Balaban J connectivity index is 1.43. The molecule has 1 aromatic carbocycles. The predicted molar refractivity (Wildman–Crippen MR) is 134 cm³/mol. The molecule has 5 aromatic heterocycles. The fourth-order valence-electron chi connectivity index (χ4n) is 4.03. The maximum Gasteiger partial charge on any atom is 0.224 e. The number of carbonyl (C=O) groups excluding carboxylic acids is 1. The summed E-state index contributed by atoms with van der Waals surface area (Å²) in [5.41, 5.74) is 7.14. The SMILES string of the molecule is CCC(=O)Nc1cncc(-c2ccc3[nH]nc(-c4nc5c(-c6ccccn6)nccc5[nH]4)c3c2)c1. The quantitative estimate of drug-likeness (QED) is 0.333. The Labute approximate surface area is 199 Å². The van der Waals surface area contributed by atoms with Crippen LogP contribution in [0.4, 0.5) is 5.69 Å². The number of nitrogens with zero attached hydrogens (tertiary/aromatic N) is 5. The van der Waals surface area contributed by atoms with Crippen molar-refractivity contribution in [2.24, 2.45) is 0 Å². The monoisotopic (exact) mass is 460 g/mol. The molecule has 6 aromatic rings.